The normalized spacial score (nSPS) is 18.0. The number of amides is 1. The molecule has 0 radical (unpaired) electrons. The Morgan fingerprint density at radius 3 is 2.82 bits per heavy atom. The van der Waals surface area contributed by atoms with E-state index in [4.69, 9.17) is 9.47 Å². The molecule has 0 atom stereocenters. The molecule has 5 heteroatoms. The third-order valence-corrected chi connectivity index (χ3v) is 4.27. The Bertz CT molecular complexity index is 527. The summed E-state index contributed by atoms with van der Waals surface area (Å²) in [5.74, 6) is 1.35. The van der Waals surface area contributed by atoms with E-state index in [1.54, 1.807) is 0 Å². The summed E-state index contributed by atoms with van der Waals surface area (Å²) >= 11 is 0. The lowest BCUT2D eigenvalue weighted by atomic mass is 10.0. The molecule has 0 saturated carbocycles. The molecule has 0 aliphatic carbocycles. The molecule has 0 spiro atoms. The molecule has 3 rings (SSSR count). The molecule has 0 bridgehead atoms. The monoisotopic (exact) mass is 304 g/mol. The summed E-state index contributed by atoms with van der Waals surface area (Å²) in [6.07, 6.45) is 2.98. The molecule has 5 nitrogen and oxygen atoms in total. The van der Waals surface area contributed by atoms with E-state index in [9.17, 15) is 4.79 Å². The van der Waals surface area contributed by atoms with Crippen LogP contribution in [0, 0.1) is 0 Å². The standard InChI is InChI=1S/C17H24N2O3/c1-2-10-19(13-6-8-18-9-7-13)17(20)14-4-3-5-15-16(14)22-12-11-21-15/h3-5,13,18H,2,6-12H2,1H3. The number of para-hydroxylation sites is 1. The van der Waals surface area contributed by atoms with Crippen LogP contribution in [-0.4, -0.2) is 49.7 Å². The van der Waals surface area contributed by atoms with Gasteiger partial charge in [-0.25, -0.2) is 0 Å². The number of nitrogens with one attached hydrogen (secondary N) is 1. The quantitative estimate of drug-likeness (QED) is 0.925. The van der Waals surface area contributed by atoms with E-state index < -0.39 is 0 Å². The van der Waals surface area contributed by atoms with Crippen molar-refractivity contribution in [1.82, 2.24) is 10.2 Å². The van der Waals surface area contributed by atoms with E-state index in [0.29, 0.717) is 36.3 Å². The molecule has 1 aromatic carbocycles. The number of ether oxygens (including phenoxy) is 2. The van der Waals surface area contributed by atoms with Crippen LogP contribution in [0.1, 0.15) is 36.5 Å². The Morgan fingerprint density at radius 1 is 1.27 bits per heavy atom. The van der Waals surface area contributed by atoms with Crippen molar-refractivity contribution in [1.29, 1.82) is 0 Å². The lowest BCUT2D eigenvalue weighted by Crippen LogP contribution is -2.46. The van der Waals surface area contributed by atoms with Crippen molar-refractivity contribution >= 4 is 5.91 Å². The first-order chi connectivity index (χ1) is 10.8. The Kier molecular flexibility index (Phi) is 4.83. The van der Waals surface area contributed by atoms with E-state index >= 15 is 0 Å². The molecule has 1 N–H and O–H groups in total. The lowest BCUT2D eigenvalue weighted by molar-refractivity contribution is 0.0633. The molecule has 1 amide bonds. The Morgan fingerprint density at radius 2 is 2.05 bits per heavy atom. The molecule has 1 aromatic rings. The van der Waals surface area contributed by atoms with Gasteiger partial charge in [-0.1, -0.05) is 13.0 Å². The largest absolute Gasteiger partial charge is 0.486 e. The summed E-state index contributed by atoms with van der Waals surface area (Å²) in [4.78, 5) is 15.1. The minimum atomic E-state index is 0.0658. The van der Waals surface area contributed by atoms with Gasteiger partial charge in [0.25, 0.3) is 5.91 Å². The van der Waals surface area contributed by atoms with Gasteiger partial charge < -0.3 is 19.7 Å². The Hall–Kier alpha value is -1.75. The minimum absolute atomic E-state index is 0.0658. The number of rotatable bonds is 4. The van der Waals surface area contributed by atoms with E-state index in [0.717, 1.165) is 38.9 Å². The van der Waals surface area contributed by atoms with Crippen molar-refractivity contribution in [2.45, 2.75) is 32.2 Å². The maximum Gasteiger partial charge on any atom is 0.258 e. The summed E-state index contributed by atoms with van der Waals surface area (Å²) in [6.45, 7) is 5.89. The molecule has 1 fully saturated rings. The van der Waals surface area contributed by atoms with Gasteiger partial charge in [-0.05, 0) is 44.5 Å². The molecule has 120 valence electrons. The first-order valence-corrected chi connectivity index (χ1v) is 8.21. The Balaban J connectivity index is 1.86. The van der Waals surface area contributed by atoms with Gasteiger partial charge in [-0.3, -0.25) is 4.79 Å². The number of benzene rings is 1. The lowest BCUT2D eigenvalue weighted by Gasteiger charge is -2.35. The van der Waals surface area contributed by atoms with E-state index in [1.807, 2.05) is 23.1 Å². The first-order valence-electron chi connectivity index (χ1n) is 8.21. The van der Waals surface area contributed by atoms with Crippen molar-refractivity contribution in [2.75, 3.05) is 32.8 Å². The fraction of sp³-hybridized carbons (Fsp3) is 0.588. The molecule has 1 saturated heterocycles. The van der Waals surface area contributed by atoms with Crippen molar-refractivity contribution in [2.24, 2.45) is 0 Å². The highest BCUT2D eigenvalue weighted by Gasteiger charge is 2.29. The second-order valence-electron chi connectivity index (χ2n) is 5.81. The van der Waals surface area contributed by atoms with E-state index in [2.05, 4.69) is 12.2 Å². The van der Waals surface area contributed by atoms with Gasteiger partial charge in [0.05, 0.1) is 5.56 Å². The van der Waals surface area contributed by atoms with Crippen molar-refractivity contribution in [3.05, 3.63) is 23.8 Å². The fourth-order valence-electron chi connectivity index (χ4n) is 3.21. The van der Waals surface area contributed by atoms with Crippen LogP contribution in [0.2, 0.25) is 0 Å². The van der Waals surface area contributed by atoms with Crippen molar-refractivity contribution < 1.29 is 14.3 Å². The maximum absolute atomic E-state index is 13.1. The van der Waals surface area contributed by atoms with Gasteiger partial charge in [-0.2, -0.15) is 0 Å². The highest BCUT2D eigenvalue weighted by molar-refractivity contribution is 5.98. The van der Waals surface area contributed by atoms with Crippen molar-refractivity contribution in [3.8, 4) is 11.5 Å². The number of carbonyl (C=O) groups excluding carboxylic acids is 1. The van der Waals surface area contributed by atoms with Crippen LogP contribution in [0.3, 0.4) is 0 Å². The number of piperidine rings is 1. The highest BCUT2D eigenvalue weighted by Crippen LogP contribution is 2.34. The van der Waals surface area contributed by atoms with Gasteiger partial charge in [0.15, 0.2) is 11.5 Å². The average Bonchev–Trinajstić information content (AvgIpc) is 2.59. The average molecular weight is 304 g/mol. The molecular formula is C17H24N2O3. The van der Waals surface area contributed by atoms with Gasteiger partial charge in [0.2, 0.25) is 0 Å². The van der Waals surface area contributed by atoms with Crippen molar-refractivity contribution in [3.63, 3.8) is 0 Å². The second-order valence-corrected chi connectivity index (χ2v) is 5.81. The van der Waals surface area contributed by atoms with Crippen LogP contribution >= 0.6 is 0 Å². The molecule has 2 aliphatic heterocycles. The van der Waals surface area contributed by atoms with Crippen LogP contribution in [0.25, 0.3) is 0 Å². The maximum atomic E-state index is 13.1. The number of hydrogen-bond donors (Lipinski definition) is 1. The summed E-state index contributed by atoms with van der Waals surface area (Å²) in [6, 6.07) is 5.89. The Labute approximate surface area is 131 Å². The highest BCUT2D eigenvalue weighted by atomic mass is 16.6. The van der Waals surface area contributed by atoms with Crippen LogP contribution in [0.4, 0.5) is 0 Å². The molecule has 0 aromatic heterocycles. The number of hydrogen-bond acceptors (Lipinski definition) is 4. The fourth-order valence-corrected chi connectivity index (χ4v) is 3.21. The smallest absolute Gasteiger partial charge is 0.258 e. The number of fused-ring (bicyclic) bond motifs is 1. The zero-order chi connectivity index (χ0) is 15.4. The third kappa shape index (κ3) is 3.04. The minimum Gasteiger partial charge on any atom is -0.486 e. The molecule has 2 aliphatic rings. The molecule has 22 heavy (non-hydrogen) atoms. The summed E-state index contributed by atoms with van der Waals surface area (Å²) in [5.41, 5.74) is 0.629. The van der Waals surface area contributed by atoms with Crippen LogP contribution in [-0.2, 0) is 0 Å². The third-order valence-electron chi connectivity index (χ3n) is 4.27. The second kappa shape index (κ2) is 7.01. The van der Waals surface area contributed by atoms with Gasteiger partial charge in [0.1, 0.15) is 13.2 Å². The SMILES string of the molecule is CCCN(C(=O)c1cccc2c1OCCO2)C1CCNCC1. The molecule has 0 unspecified atom stereocenters. The zero-order valence-corrected chi connectivity index (χ0v) is 13.1. The zero-order valence-electron chi connectivity index (χ0n) is 13.1. The van der Waals surface area contributed by atoms with Gasteiger partial charge in [-0.15, -0.1) is 0 Å². The molecule has 2 heterocycles. The number of carbonyl (C=O) groups is 1. The predicted octanol–water partition coefficient (Wildman–Crippen LogP) is 2.06. The van der Waals surface area contributed by atoms with Crippen LogP contribution < -0.4 is 14.8 Å². The topological polar surface area (TPSA) is 50.8 Å². The summed E-state index contributed by atoms with van der Waals surface area (Å²) < 4.78 is 11.3. The van der Waals surface area contributed by atoms with E-state index in [1.165, 1.54) is 0 Å². The number of nitrogens with zero attached hydrogens (tertiary/aromatic N) is 1. The summed E-state index contributed by atoms with van der Waals surface area (Å²) in [5, 5.41) is 3.36. The first kappa shape index (κ1) is 15.2. The molecular weight excluding hydrogens is 280 g/mol. The summed E-state index contributed by atoms with van der Waals surface area (Å²) in [7, 11) is 0. The van der Waals surface area contributed by atoms with Gasteiger partial charge in [0, 0.05) is 12.6 Å². The van der Waals surface area contributed by atoms with Crippen LogP contribution in [0.5, 0.6) is 11.5 Å². The van der Waals surface area contributed by atoms with Crippen LogP contribution in [0.15, 0.2) is 18.2 Å². The predicted molar refractivity (Wildman–Crippen MR) is 84.7 cm³/mol. The van der Waals surface area contributed by atoms with Gasteiger partial charge >= 0.3 is 0 Å². The van der Waals surface area contributed by atoms with E-state index in [-0.39, 0.29) is 5.91 Å².